The van der Waals surface area contributed by atoms with E-state index in [2.05, 4.69) is 13.8 Å². The lowest BCUT2D eigenvalue weighted by atomic mass is 9.78. The third kappa shape index (κ3) is 6.67. The van der Waals surface area contributed by atoms with Gasteiger partial charge in [0.15, 0.2) is 11.6 Å². The van der Waals surface area contributed by atoms with Crippen molar-refractivity contribution in [3.63, 3.8) is 0 Å². The van der Waals surface area contributed by atoms with Crippen molar-refractivity contribution < 1.29 is 22.7 Å². The van der Waals surface area contributed by atoms with Crippen LogP contribution in [-0.2, 0) is 17.6 Å². The molecule has 4 rings (SSSR count). The number of aryl methyl sites for hydroxylation is 2. The summed E-state index contributed by atoms with van der Waals surface area (Å²) in [6.07, 6.45) is 8.48. The van der Waals surface area contributed by atoms with Crippen LogP contribution >= 0.6 is 0 Å². The largest absolute Gasteiger partial charge is 0.423 e. The number of esters is 1. The fraction of sp³-hybridized carbons (Fsp3) is 0.424. The highest BCUT2D eigenvalue weighted by Gasteiger charge is 2.30. The van der Waals surface area contributed by atoms with Gasteiger partial charge in [0.1, 0.15) is 5.82 Å². The fourth-order valence-electron chi connectivity index (χ4n) is 5.44. The second kappa shape index (κ2) is 13.1. The SMILES string of the molecule is CCCCCc1ccc(C2CCC(C(=O)Oc3ccc(-c4ccc(CCC)cc4)c(F)c3F)CC2)c(F)c1. The van der Waals surface area contributed by atoms with E-state index in [0.29, 0.717) is 36.8 Å². The van der Waals surface area contributed by atoms with Gasteiger partial charge in [0.25, 0.3) is 0 Å². The number of ether oxygens (including phenoxy) is 1. The molecule has 3 aromatic rings. The van der Waals surface area contributed by atoms with Crippen LogP contribution in [0.5, 0.6) is 5.75 Å². The first-order valence-electron chi connectivity index (χ1n) is 14.0. The van der Waals surface area contributed by atoms with Gasteiger partial charge in [0.2, 0.25) is 5.82 Å². The molecule has 0 unspecified atom stereocenters. The van der Waals surface area contributed by atoms with Gasteiger partial charge in [-0.1, -0.05) is 69.5 Å². The van der Waals surface area contributed by atoms with Gasteiger partial charge in [-0.05, 0) is 91.3 Å². The minimum Gasteiger partial charge on any atom is -0.423 e. The summed E-state index contributed by atoms with van der Waals surface area (Å²) < 4.78 is 49.8. The van der Waals surface area contributed by atoms with Gasteiger partial charge in [-0.3, -0.25) is 4.79 Å². The van der Waals surface area contributed by atoms with E-state index >= 15 is 0 Å². The van der Waals surface area contributed by atoms with Crippen molar-refractivity contribution in [3.05, 3.63) is 88.7 Å². The number of rotatable bonds is 10. The van der Waals surface area contributed by atoms with Crippen LogP contribution in [0.15, 0.2) is 54.6 Å². The first-order valence-corrected chi connectivity index (χ1v) is 14.0. The van der Waals surface area contributed by atoms with Crippen molar-refractivity contribution in [1.82, 2.24) is 0 Å². The number of halogens is 3. The van der Waals surface area contributed by atoms with Crippen LogP contribution in [0.3, 0.4) is 0 Å². The second-order valence-electron chi connectivity index (χ2n) is 10.5. The molecule has 0 N–H and O–H groups in total. The van der Waals surface area contributed by atoms with Crippen LogP contribution in [-0.4, -0.2) is 5.97 Å². The first kappa shape index (κ1) is 27.9. The van der Waals surface area contributed by atoms with Crippen LogP contribution in [0.25, 0.3) is 11.1 Å². The maximum atomic E-state index is 14.9. The first-order chi connectivity index (χ1) is 18.4. The van der Waals surface area contributed by atoms with Crippen molar-refractivity contribution in [1.29, 1.82) is 0 Å². The van der Waals surface area contributed by atoms with E-state index in [1.165, 1.54) is 12.1 Å². The Labute approximate surface area is 224 Å². The smallest absolute Gasteiger partial charge is 0.314 e. The molecule has 1 aliphatic carbocycles. The molecule has 202 valence electrons. The Morgan fingerprint density at radius 2 is 1.50 bits per heavy atom. The monoisotopic (exact) mass is 522 g/mol. The normalized spacial score (nSPS) is 17.4. The maximum Gasteiger partial charge on any atom is 0.314 e. The fourth-order valence-corrected chi connectivity index (χ4v) is 5.44. The zero-order valence-corrected chi connectivity index (χ0v) is 22.4. The number of unbranched alkanes of at least 4 members (excludes halogenated alkanes) is 2. The predicted molar refractivity (Wildman–Crippen MR) is 146 cm³/mol. The van der Waals surface area contributed by atoms with Crippen LogP contribution in [0.4, 0.5) is 13.2 Å². The van der Waals surface area contributed by atoms with Gasteiger partial charge in [-0.2, -0.15) is 4.39 Å². The minimum absolute atomic E-state index is 0.0425. The van der Waals surface area contributed by atoms with Gasteiger partial charge in [-0.15, -0.1) is 0 Å². The van der Waals surface area contributed by atoms with Gasteiger partial charge in [0, 0.05) is 5.56 Å². The zero-order valence-electron chi connectivity index (χ0n) is 22.4. The highest BCUT2D eigenvalue weighted by atomic mass is 19.2. The molecule has 0 aromatic heterocycles. The Hall–Kier alpha value is -3.08. The van der Waals surface area contributed by atoms with Crippen LogP contribution in [0, 0.1) is 23.4 Å². The summed E-state index contributed by atoms with van der Waals surface area (Å²) in [4.78, 5) is 12.8. The Bertz CT molecular complexity index is 1230. The molecule has 5 heteroatoms. The minimum atomic E-state index is -1.16. The van der Waals surface area contributed by atoms with Gasteiger partial charge in [0.05, 0.1) is 5.92 Å². The Balaban J connectivity index is 1.35. The molecule has 0 amide bonds. The van der Waals surface area contributed by atoms with Crippen molar-refractivity contribution >= 4 is 5.97 Å². The third-order valence-electron chi connectivity index (χ3n) is 7.70. The topological polar surface area (TPSA) is 26.3 Å². The Kier molecular flexibility index (Phi) is 9.65. The van der Waals surface area contributed by atoms with Gasteiger partial charge in [-0.25, -0.2) is 8.78 Å². The van der Waals surface area contributed by atoms with Crippen molar-refractivity contribution in [2.45, 2.75) is 84.0 Å². The molecule has 0 aliphatic heterocycles. The molecule has 0 saturated heterocycles. The zero-order chi connectivity index (χ0) is 27.1. The molecule has 2 nitrogen and oxygen atoms in total. The highest BCUT2D eigenvalue weighted by Crippen LogP contribution is 2.38. The summed E-state index contributed by atoms with van der Waals surface area (Å²) in [6, 6.07) is 15.7. The number of hydrogen-bond donors (Lipinski definition) is 0. The van der Waals surface area contributed by atoms with E-state index in [1.807, 2.05) is 24.3 Å². The molecule has 0 radical (unpaired) electrons. The Morgan fingerprint density at radius 3 is 2.16 bits per heavy atom. The molecule has 3 aromatic carbocycles. The summed E-state index contributed by atoms with van der Waals surface area (Å²) in [5.74, 6) is -3.71. The molecular weight excluding hydrogens is 485 g/mol. The summed E-state index contributed by atoms with van der Waals surface area (Å²) in [5.41, 5.74) is 3.55. The average Bonchev–Trinajstić information content (AvgIpc) is 2.92. The lowest BCUT2D eigenvalue weighted by molar-refractivity contribution is -0.140. The van der Waals surface area contributed by atoms with Gasteiger partial charge < -0.3 is 4.74 Å². The number of carbonyl (C=O) groups excluding carboxylic acids is 1. The predicted octanol–water partition coefficient (Wildman–Crippen LogP) is 9.34. The molecule has 1 saturated carbocycles. The Morgan fingerprint density at radius 1 is 0.789 bits per heavy atom. The molecule has 0 bridgehead atoms. The van der Waals surface area contributed by atoms with Crippen molar-refractivity contribution in [2.24, 2.45) is 5.92 Å². The molecule has 0 heterocycles. The summed E-state index contributed by atoms with van der Waals surface area (Å²) in [7, 11) is 0. The molecular formula is C33H37F3O2. The molecule has 0 spiro atoms. The number of benzene rings is 3. The van der Waals surface area contributed by atoms with E-state index < -0.39 is 29.3 Å². The van der Waals surface area contributed by atoms with Crippen molar-refractivity contribution in [2.75, 3.05) is 0 Å². The van der Waals surface area contributed by atoms with Crippen LogP contribution in [0.2, 0.25) is 0 Å². The summed E-state index contributed by atoms with van der Waals surface area (Å²) in [6.45, 7) is 4.23. The standard InChI is InChI=1S/C33H37F3O2/c1-3-5-6-8-23-11-18-27(29(34)21-23)24-14-16-26(17-15-24)33(37)38-30-20-19-28(31(35)32(30)36)25-12-9-22(7-4-2)10-13-25/h9-13,18-21,24,26H,3-8,14-17H2,1-2H3. The summed E-state index contributed by atoms with van der Waals surface area (Å²) >= 11 is 0. The molecule has 0 atom stereocenters. The molecule has 1 fully saturated rings. The highest BCUT2D eigenvalue weighted by molar-refractivity contribution is 5.76. The van der Waals surface area contributed by atoms with E-state index in [4.69, 9.17) is 4.74 Å². The maximum absolute atomic E-state index is 14.9. The van der Waals surface area contributed by atoms with Gasteiger partial charge >= 0.3 is 5.97 Å². The van der Waals surface area contributed by atoms with Crippen molar-refractivity contribution in [3.8, 4) is 16.9 Å². The van der Waals surface area contributed by atoms with Crippen LogP contribution in [0.1, 0.15) is 87.8 Å². The number of hydrogen-bond acceptors (Lipinski definition) is 2. The number of carbonyl (C=O) groups is 1. The van der Waals surface area contributed by atoms with Crippen LogP contribution < -0.4 is 4.74 Å². The quantitative estimate of drug-likeness (QED) is 0.151. The average molecular weight is 523 g/mol. The lowest BCUT2D eigenvalue weighted by Gasteiger charge is -2.28. The summed E-state index contributed by atoms with van der Waals surface area (Å²) in [5, 5.41) is 0. The molecule has 38 heavy (non-hydrogen) atoms. The lowest BCUT2D eigenvalue weighted by Crippen LogP contribution is -2.25. The van der Waals surface area contributed by atoms with E-state index in [9.17, 15) is 18.0 Å². The third-order valence-corrected chi connectivity index (χ3v) is 7.70. The van der Waals surface area contributed by atoms with E-state index in [0.717, 1.165) is 49.7 Å². The molecule has 1 aliphatic rings. The second-order valence-corrected chi connectivity index (χ2v) is 10.5. The van der Waals surface area contributed by atoms with E-state index in [-0.39, 0.29) is 17.3 Å². The van der Waals surface area contributed by atoms with E-state index in [1.54, 1.807) is 18.2 Å².